The van der Waals surface area contributed by atoms with Crippen LogP contribution >= 0.6 is 0 Å². The largest absolute Gasteiger partial charge is 0.463 e. The van der Waals surface area contributed by atoms with Crippen LogP contribution in [0.2, 0.25) is 0 Å². The highest BCUT2D eigenvalue weighted by molar-refractivity contribution is 5.81. The predicted molar refractivity (Wildman–Crippen MR) is 49.5 cm³/mol. The van der Waals surface area contributed by atoms with Crippen LogP contribution in [-0.4, -0.2) is 24.6 Å². The van der Waals surface area contributed by atoms with Crippen LogP contribution in [0, 0.1) is 5.92 Å². The van der Waals surface area contributed by atoms with E-state index in [1.54, 1.807) is 6.92 Å². The van der Waals surface area contributed by atoms with E-state index in [-0.39, 0.29) is 5.92 Å². The maximum absolute atomic E-state index is 11.6. The van der Waals surface area contributed by atoms with Crippen LogP contribution in [0.3, 0.4) is 0 Å². The van der Waals surface area contributed by atoms with Crippen molar-refractivity contribution in [1.29, 1.82) is 0 Å². The summed E-state index contributed by atoms with van der Waals surface area (Å²) in [6.07, 6.45) is 2.62. The average Bonchev–Trinajstić information content (AvgIpc) is 2.97. The van der Waals surface area contributed by atoms with Gasteiger partial charge in [0, 0.05) is 5.92 Å². The van der Waals surface area contributed by atoms with E-state index in [9.17, 15) is 9.59 Å². The average molecular weight is 200 g/mol. The molecule has 0 radical (unpaired) electrons. The van der Waals surface area contributed by atoms with Gasteiger partial charge in [-0.05, 0) is 26.2 Å². The second-order valence-corrected chi connectivity index (χ2v) is 3.73. The quantitative estimate of drug-likeness (QED) is 0.478. The Bertz CT molecular complexity index is 222. The lowest BCUT2D eigenvalue weighted by Crippen LogP contribution is -2.42. The number of hydrogen-bond donors (Lipinski definition) is 0. The zero-order valence-corrected chi connectivity index (χ0v) is 8.62. The van der Waals surface area contributed by atoms with Gasteiger partial charge in [0.15, 0.2) is 0 Å². The van der Waals surface area contributed by atoms with E-state index in [1.807, 2.05) is 6.92 Å². The summed E-state index contributed by atoms with van der Waals surface area (Å²) >= 11 is 0. The van der Waals surface area contributed by atoms with Crippen molar-refractivity contribution in [2.75, 3.05) is 6.61 Å². The van der Waals surface area contributed by atoms with E-state index in [0.29, 0.717) is 13.1 Å². The fraction of sp³-hybridized carbons (Fsp3) is 0.800. The van der Waals surface area contributed by atoms with Gasteiger partial charge >= 0.3 is 5.97 Å². The van der Waals surface area contributed by atoms with Gasteiger partial charge in [-0.1, -0.05) is 6.92 Å². The Kier molecular flexibility index (Phi) is 3.49. The van der Waals surface area contributed by atoms with Crippen molar-refractivity contribution in [2.45, 2.75) is 38.7 Å². The molecule has 0 aromatic rings. The first kappa shape index (κ1) is 11.0. The molecule has 1 fully saturated rings. The van der Waals surface area contributed by atoms with Crippen LogP contribution in [-0.2, 0) is 19.1 Å². The van der Waals surface area contributed by atoms with Crippen LogP contribution in [0.5, 0.6) is 0 Å². The molecule has 0 amide bonds. The monoisotopic (exact) mass is 200 g/mol. The lowest BCUT2D eigenvalue weighted by atomic mass is 10.0. The highest BCUT2D eigenvalue weighted by Gasteiger charge is 2.50. The molecular formula is C10H16O4. The smallest absolute Gasteiger partial charge is 0.350 e. The van der Waals surface area contributed by atoms with Crippen molar-refractivity contribution in [2.24, 2.45) is 5.92 Å². The zero-order valence-electron chi connectivity index (χ0n) is 8.62. The normalized spacial score (nSPS) is 19.6. The molecule has 1 rings (SSSR count). The molecule has 0 aromatic carbocycles. The van der Waals surface area contributed by atoms with E-state index in [1.165, 1.54) is 0 Å². The van der Waals surface area contributed by atoms with Gasteiger partial charge in [0.2, 0.25) is 5.60 Å². The number of ether oxygens (including phenoxy) is 2. The molecule has 0 aromatic heterocycles. The van der Waals surface area contributed by atoms with E-state index in [0.717, 1.165) is 19.3 Å². The van der Waals surface area contributed by atoms with Crippen LogP contribution < -0.4 is 0 Å². The van der Waals surface area contributed by atoms with E-state index < -0.39 is 11.6 Å². The highest BCUT2D eigenvalue weighted by Crippen LogP contribution is 2.42. The van der Waals surface area contributed by atoms with Crippen molar-refractivity contribution in [3.05, 3.63) is 0 Å². The minimum absolute atomic E-state index is 0.136. The second-order valence-electron chi connectivity index (χ2n) is 3.73. The van der Waals surface area contributed by atoms with Gasteiger partial charge in [0.05, 0.1) is 6.61 Å². The molecule has 0 heterocycles. The van der Waals surface area contributed by atoms with Gasteiger partial charge < -0.3 is 9.47 Å². The molecule has 80 valence electrons. The Morgan fingerprint density at radius 3 is 2.64 bits per heavy atom. The Labute approximate surface area is 83.6 Å². The maximum Gasteiger partial charge on any atom is 0.350 e. The third-order valence-corrected chi connectivity index (χ3v) is 2.49. The van der Waals surface area contributed by atoms with Crippen molar-refractivity contribution in [1.82, 2.24) is 0 Å². The molecule has 4 heteroatoms. The van der Waals surface area contributed by atoms with Crippen LogP contribution in [0.25, 0.3) is 0 Å². The van der Waals surface area contributed by atoms with E-state index >= 15 is 0 Å². The molecule has 1 atom stereocenters. The van der Waals surface area contributed by atoms with Gasteiger partial charge in [-0.25, -0.2) is 4.79 Å². The molecule has 0 bridgehead atoms. The molecular weight excluding hydrogens is 184 g/mol. The Balaban J connectivity index is 2.56. The van der Waals surface area contributed by atoms with Crippen molar-refractivity contribution >= 4 is 12.4 Å². The molecule has 0 spiro atoms. The van der Waals surface area contributed by atoms with Gasteiger partial charge in [0.25, 0.3) is 6.47 Å². The number of esters is 1. The number of hydrogen-bond acceptors (Lipinski definition) is 4. The highest BCUT2D eigenvalue weighted by atomic mass is 16.6. The number of carbonyl (C=O) groups is 2. The summed E-state index contributed by atoms with van der Waals surface area (Å²) in [5.41, 5.74) is -1.06. The Morgan fingerprint density at radius 2 is 2.21 bits per heavy atom. The molecule has 0 N–H and O–H groups in total. The molecule has 1 saturated carbocycles. The summed E-state index contributed by atoms with van der Waals surface area (Å²) in [6, 6.07) is 0. The van der Waals surface area contributed by atoms with Gasteiger partial charge in [-0.3, -0.25) is 4.79 Å². The summed E-state index contributed by atoms with van der Waals surface area (Å²) in [4.78, 5) is 21.9. The van der Waals surface area contributed by atoms with Gasteiger partial charge in [-0.2, -0.15) is 0 Å². The van der Waals surface area contributed by atoms with E-state index in [4.69, 9.17) is 9.47 Å². The molecule has 14 heavy (non-hydrogen) atoms. The number of rotatable bonds is 6. The van der Waals surface area contributed by atoms with Gasteiger partial charge in [0.1, 0.15) is 0 Å². The SMILES string of the molecule is CCCOC(=O)C(C)(OC=O)C1CC1. The summed E-state index contributed by atoms with van der Waals surface area (Å²) in [6.45, 7) is 4.24. The first-order valence-electron chi connectivity index (χ1n) is 4.93. The van der Waals surface area contributed by atoms with Crippen LogP contribution in [0.4, 0.5) is 0 Å². The fourth-order valence-corrected chi connectivity index (χ4v) is 1.38. The molecule has 1 aliphatic rings. The lowest BCUT2D eigenvalue weighted by molar-refractivity contribution is -0.176. The molecule has 4 nitrogen and oxygen atoms in total. The molecule has 1 aliphatic carbocycles. The van der Waals surface area contributed by atoms with Crippen molar-refractivity contribution in [3.63, 3.8) is 0 Å². The summed E-state index contributed by atoms with van der Waals surface area (Å²) in [5, 5.41) is 0. The molecule has 0 aliphatic heterocycles. The minimum Gasteiger partial charge on any atom is -0.463 e. The second kappa shape index (κ2) is 4.44. The molecule has 0 saturated heterocycles. The maximum atomic E-state index is 11.6. The van der Waals surface area contributed by atoms with Crippen LogP contribution in [0.1, 0.15) is 33.1 Å². The first-order valence-corrected chi connectivity index (χ1v) is 4.93. The van der Waals surface area contributed by atoms with Crippen LogP contribution in [0.15, 0.2) is 0 Å². The van der Waals surface area contributed by atoms with E-state index in [2.05, 4.69) is 0 Å². The third kappa shape index (κ3) is 2.25. The first-order chi connectivity index (χ1) is 6.65. The molecule has 1 unspecified atom stereocenters. The standard InChI is InChI=1S/C10H16O4/c1-3-6-13-9(12)10(2,14-7-11)8-4-5-8/h7-8H,3-6H2,1-2H3. The fourth-order valence-electron chi connectivity index (χ4n) is 1.38. The Morgan fingerprint density at radius 1 is 1.57 bits per heavy atom. The van der Waals surface area contributed by atoms with Gasteiger partial charge in [-0.15, -0.1) is 0 Å². The van der Waals surface area contributed by atoms with Crippen molar-refractivity contribution in [3.8, 4) is 0 Å². The minimum atomic E-state index is -1.06. The Hall–Kier alpha value is -1.06. The summed E-state index contributed by atoms with van der Waals surface area (Å²) in [5.74, 6) is -0.286. The lowest BCUT2D eigenvalue weighted by Gasteiger charge is -2.24. The summed E-state index contributed by atoms with van der Waals surface area (Å²) < 4.78 is 9.84. The number of carbonyl (C=O) groups excluding carboxylic acids is 2. The predicted octanol–water partition coefficient (Wildman–Crippen LogP) is 1.28. The van der Waals surface area contributed by atoms with Crippen molar-refractivity contribution < 1.29 is 19.1 Å². The topological polar surface area (TPSA) is 52.6 Å². The zero-order chi connectivity index (χ0) is 10.6. The third-order valence-electron chi connectivity index (χ3n) is 2.49. The summed E-state index contributed by atoms with van der Waals surface area (Å²) in [7, 11) is 0.